The molecule has 7 nitrogen and oxygen atoms in total. The second kappa shape index (κ2) is 8.26. The zero-order valence-electron chi connectivity index (χ0n) is 15.8. The highest BCUT2D eigenvalue weighted by Gasteiger charge is 2.50. The van der Waals surface area contributed by atoms with Gasteiger partial charge in [-0.15, -0.1) is 6.58 Å². The van der Waals surface area contributed by atoms with E-state index in [0.717, 1.165) is 0 Å². The van der Waals surface area contributed by atoms with Crippen LogP contribution in [0.15, 0.2) is 35.7 Å². The van der Waals surface area contributed by atoms with E-state index in [1.807, 2.05) is 0 Å². The minimum atomic E-state index is -4.11. The Hall–Kier alpha value is -1.61. The maximum absolute atomic E-state index is 13.6. The van der Waals surface area contributed by atoms with Gasteiger partial charge < -0.3 is 10.0 Å². The fourth-order valence-corrected chi connectivity index (χ4v) is 6.73. The molecule has 10 heteroatoms. The molecule has 2 saturated heterocycles. The molecule has 1 aromatic carbocycles. The largest absolute Gasteiger partial charge is 0.480 e. The van der Waals surface area contributed by atoms with Gasteiger partial charge in [0.25, 0.3) is 0 Å². The van der Waals surface area contributed by atoms with Crippen LogP contribution in [0.1, 0.15) is 26.2 Å². The number of fused-ring (bicyclic) bond motifs is 2. The molecular weight excluding hydrogens is 439 g/mol. The fraction of sp³-hybridized carbons (Fsp3) is 0.474. The molecule has 0 aromatic heterocycles. The molecule has 1 N–H and O–H groups in total. The number of halogens is 2. The van der Waals surface area contributed by atoms with Gasteiger partial charge in [0.15, 0.2) is 0 Å². The lowest BCUT2D eigenvalue weighted by molar-refractivity contribution is -0.150. The van der Waals surface area contributed by atoms with Crippen molar-refractivity contribution < 1.29 is 23.1 Å². The van der Waals surface area contributed by atoms with Crippen LogP contribution in [-0.4, -0.2) is 59.3 Å². The molecule has 0 radical (unpaired) electrons. The van der Waals surface area contributed by atoms with E-state index in [2.05, 4.69) is 6.58 Å². The number of carbonyl (C=O) groups excluding carboxylic acids is 1. The standard InChI is InChI=1S/C19H22Cl2N2O5S/c1-3-12-10-22(11(2)19(25)26)18(24)17-6-4-5-16(12)23(17)29(27,28)15-8-13(20)7-14(21)9-15/h3,7-9,11-12,16-17H,1,4-6,10H2,2H3,(H,25,26)/t11-,12-,16+,17-/m0/s1. The molecule has 29 heavy (non-hydrogen) atoms. The van der Waals surface area contributed by atoms with Crippen LogP contribution in [-0.2, 0) is 19.6 Å². The number of nitrogens with zero attached hydrogens (tertiary/aromatic N) is 2. The number of aliphatic carboxylic acids is 1. The van der Waals surface area contributed by atoms with Gasteiger partial charge in [-0.1, -0.05) is 29.3 Å². The molecule has 0 aliphatic carbocycles. The monoisotopic (exact) mass is 460 g/mol. The van der Waals surface area contributed by atoms with Crippen LogP contribution in [0.3, 0.4) is 0 Å². The first kappa shape index (κ1) is 22.1. The van der Waals surface area contributed by atoms with Crippen LogP contribution in [0.25, 0.3) is 0 Å². The first-order chi connectivity index (χ1) is 13.6. The molecular formula is C19H22Cl2N2O5S. The van der Waals surface area contributed by atoms with Crippen molar-refractivity contribution >= 4 is 45.1 Å². The molecule has 1 aromatic rings. The van der Waals surface area contributed by atoms with Crippen molar-refractivity contribution in [3.05, 3.63) is 40.9 Å². The Morgan fingerprint density at radius 3 is 2.45 bits per heavy atom. The van der Waals surface area contributed by atoms with Crippen LogP contribution < -0.4 is 0 Å². The first-order valence-electron chi connectivity index (χ1n) is 9.23. The maximum Gasteiger partial charge on any atom is 0.326 e. The van der Waals surface area contributed by atoms with Crippen molar-refractivity contribution in [2.24, 2.45) is 5.92 Å². The number of sulfonamides is 1. The van der Waals surface area contributed by atoms with E-state index in [0.29, 0.717) is 19.3 Å². The molecule has 2 bridgehead atoms. The third-order valence-electron chi connectivity index (χ3n) is 5.62. The second-order valence-electron chi connectivity index (χ2n) is 7.36. The smallest absolute Gasteiger partial charge is 0.326 e. The lowest BCUT2D eigenvalue weighted by Gasteiger charge is -2.40. The Morgan fingerprint density at radius 2 is 1.90 bits per heavy atom. The third-order valence-corrected chi connectivity index (χ3v) is 7.97. The number of carboxylic acids is 1. The summed E-state index contributed by atoms with van der Waals surface area (Å²) in [4.78, 5) is 25.9. The third kappa shape index (κ3) is 4.03. The minimum absolute atomic E-state index is 0.0951. The lowest BCUT2D eigenvalue weighted by atomic mass is 9.90. The van der Waals surface area contributed by atoms with E-state index in [1.54, 1.807) is 6.08 Å². The molecule has 0 spiro atoms. The van der Waals surface area contributed by atoms with Crippen molar-refractivity contribution in [3.63, 3.8) is 0 Å². The van der Waals surface area contributed by atoms with Gasteiger partial charge in [0.05, 0.1) is 4.90 Å². The van der Waals surface area contributed by atoms with Crippen LogP contribution in [0.2, 0.25) is 10.0 Å². The van der Waals surface area contributed by atoms with E-state index in [4.69, 9.17) is 23.2 Å². The van der Waals surface area contributed by atoms with E-state index in [-0.39, 0.29) is 21.5 Å². The first-order valence-corrected chi connectivity index (χ1v) is 11.4. The van der Waals surface area contributed by atoms with Crippen molar-refractivity contribution in [2.45, 2.75) is 49.2 Å². The number of carboxylic acid groups (broad SMARTS) is 1. The Balaban J connectivity index is 2.13. The summed E-state index contributed by atoms with van der Waals surface area (Å²) in [7, 11) is -4.11. The summed E-state index contributed by atoms with van der Waals surface area (Å²) >= 11 is 12.0. The van der Waals surface area contributed by atoms with E-state index < -0.39 is 45.9 Å². The maximum atomic E-state index is 13.6. The van der Waals surface area contributed by atoms with E-state index in [1.165, 1.54) is 34.3 Å². The number of hydrogen-bond donors (Lipinski definition) is 1. The van der Waals surface area contributed by atoms with Crippen LogP contribution in [0.4, 0.5) is 0 Å². The Bertz CT molecular complexity index is 932. The summed E-state index contributed by atoms with van der Waals surface area (Å²) in [6, 6.07) is 1.46. The molecule has 1 amide bonds. The average Bonchev–Trinajstić information content (AvgIpc) is 2.72. The SMILES string of the molecule is C=C[C@H]1CN([C@@H](C)C(=O)O)C(=O)[C@@H]2CCC[C@H]1N2S(=O)(=O)c1cc(Cl)cc(Cl)c1. The number of benzene rings is 1. The molecule has 2 aliphatic rings. The molecule has 4 atom stereocenters. The molecule has 0 saturated carbocycles. The number of piperidine rings is 1. The van der Waals surface area contributed by atoms with Gasteiger partial charge in [-0.3, -0.25) is 4.79 Å². The number of carbonyl (C=O) groups is 2. The highest BCUT2D eigenvalue weighted by Crippen LogP contribution is 2.38. The minimum Gasteiger partial charge on any atom is -0.480 e. The summed E-state index contributed by atoms with van der Waals surface area (Å²) in [6.45, 7) is 5.32. The second-order valence-corrected chi connectivity index (χ2v) is 10.1. The predicted molar refractivity (Wildman–Crippen MR) is 109 cm³/mol. The highest BCUT2D eigenvalue weighted by molar-refractivity contribution is 7.89. The molecule has 2 fully saturated rings. The van der Waals surface area contributed by atoms with Gasteiger partial charge in [-0.2, -0.15) is 4.31 Å². The van der Waals surface area contributed by atoms with Crippen LogP contribution in [0.5, 0.6) is 0 Å². The molecule has 158 valence electrons. The number of rotatable bonds is 5. The Morgan fingerprint density at radius 1 is 1.28 bits per heavy atom. The average molecular weight is 461 g/mol. The molecule has 2 heterocycles. The topological polar surface area (TPSA) is 95.0 Å². The van der Waals surface area contributed by atoms with Crippen LogP contribution in [0, 0.1) is 5.92 Å². The fourth-order valence-electron chi connectivity index (χ4n) is 4.13. The number of amides is 1. The summed E-state index contributed by atoms with van der Waals surface area (Å²) in [5.41, 5.74) is 0. The molecule has 0 unspecified atom stereocenters. The van der Waals surface area contributed by atoms with E-state index >= 15 is 0 Å². The van der Waals surface area contributed by atoms with Crippen molar-refractivity contribution in [3.8, 4) is 0 Å². The van der Waals surface area contributed by atoms with Crippen LogP contribution >= 0.6 is 23.2 Å². The molecule has 3 rings (SSSR count). The predicted octanol–water partition coefficient (Wildman–Crippen LogP) is 3.02. The van der Waals surface area contributed by atoms with Gasteiger partial charge in [0, 0.05) is 28.5 Å². The zero-order chi connectivity index (χ0) is 21.5. The van der Waals surface area contributed by atoms with Crippen molar-refractivity contribution in [2.75, 3.05) is 6.54 Å². The molecule has 2 aliphatic heterocycles. The van der Waals surface area contributed by atoms with Crippen molar-refractivity contribution in [1.82, 2.24) is 9.21 Å². The quantitative estimate of drug-likeness (QED) is 0.681. The van der Waals surface area contributed by atoms with E-state index in [9.17, 15) is 23.1 Å². The van der Waals surface area contributed by atoms with Gasteiger partial charge in [0.1, 0.15) is 12.1 Å². The summed E-state index contributed by atoms with van der Waals surface area (Å²) < 4.78 is 28.3. The van der Waals surface area contributed by atoms with Gasteiger partial charge in [-0.25, -0.2) is 13.2 Å². The summed E-state index contributed by atoms with van der Waals surface area (Å²) in [6.07, 6.45) is 3.11. The lowest BCUT2D eigenvalue weighted by Crippen LogP contribution is -2.55. The highest BCUT2D eigenvalue weighted by atomic mass is 35.5. The summed E-state index contributed by atoms with van der Waals surface area (Å²) in [5, 5.41) is 9.77. The zero-order valence-corrected chi connectivity index (χ0v) is 18.1. The summed E-state index contributed by atoms with van der Waals surface area (Å²) in [5.74, 6) is -2.06. The van der Waals surface area contributed by atoms with Gasteiger partial charge in [-0.05, 0) is 44.4 Å². The Kier molecular flexibility index (Phi) is 6.29. The van der Waals surface area contributed by atoms with Crippen molar-refractivity contribution in [1.29, 1.82) is 0 Å². The van der Waals surface area contributed by atoms with Gasteiger partial charge in [0.2, 0.25) is 15.9 Å². The Labute approximate surface area is 179 Å². The van der Waals surface area contributed by atoms with Gasteiger partial charge >= 0.3 is 5.97 Å². The normalized spacial score (nSPS) is 26.7. The number of hydrogen-bond acceptors (Lipinski definition) is 4.